The molecule has 4 heteroatoms. The van der Waals surface area contributed by atoms with Crippen LogP contribution in [0.1, 0.15) is 29.9 Å². The molecule has 5 rings (SSSR count). The van der Waals surface area contributed by atoms with E-state index in [1.54, 1.807) is 12.1 Å². The molecule has 3 aromatic carbocycles. The van der Waals surface area contributed by atoms with Crippen molar-refractivity contribution in [1.29, 1.82) is 0 Å². The highest BCUT2D eigenvalue weighted by atomic mass is 35.5. The van der Waals surface area contributed by atoms with Crippen molar-refractivity contribution in [1.82, 2.24) is 9.88 Å². The smallest absolute Gasteiger partial charge is 0.128 e. The molecule has 30 heavy (non-hydrogen) atoms. The summed E-state index contributed by atoms with van der Waals surface area (Å²) in [5, 5.41) is 1.83. The molecule has 1 aliphatic heterocycles. The zero-order valence-electron chi connectivity index (χ0n) is 16.7. The molecule has 0 unspecified atom stereocenters. The maximum absolute atomic E-state index is 14.4. The Morgan fingerprint density at radius 2 is 1.63 bits per heavy atom. The van der Waals surface area contributed by atoms with Crippen molar-refractivity contribution in [3.05, 3.63) is 94.8 Å². The fourth-order valence-corrected chi connectivity index (χ4v) is 5.04. The second-order valence-corrected chi connectivity index (χ2v) is 8.48. The van der Waals surface area contributed by atoms with Crippen LogP contribution in [0.3, 0.4) is 0 Å². The number of aromatic nitrogens is 1. The third kappa shape index (κ3) is 3.64. The van der Waals surface area contributed by atoms with Gasteiger partial charge in [-0.25, -0.2) is 4.39 Å². The molecule has 4 aromatic rings. The second kappa shape index (κ2) is 8.25. The highest BCUT2D eigenvalue weighted by Crippen LogP contribution is 2.36. The van der Waals surface area contributed by atoms with Crippen molar-refractivity contribution in [2.45, 2.75) is 25.3 Å². The summed E-state index contributed by atoms with van der Waals surface area (Å²) in [5.41, 5.74) is 5.59. The summed E-state index contributed by atoms with van der Waals surface area (Å²) in [6, 6.07) is 24.0. The van der Waals surface area contributed by atoms with Crippen LogP contribution < -0.4 is 0 Å². The number of halogens is 2. The van der Waals surface area contributed by atoms with Crippen LogP contribution in [0, 0.1) is 5.82 Å². The van der Waals surface area contributed by atoms with Gasteiger partial charge in [-0.2, -0.15) is 0 Å². The molecule has 0 aliphatic carbocycles. The maximum atomic E-state index is 14.4. The lowest BCUT2D eigenvalue weighted by atomic mass is 9.88. The van der Waals surface area contributed by atoms with Gasteiger partial charge in [0.2, 0.25) is 0 Å². The van der Waals surface area contributed by atoms with Crippen LogP contribution in [0.2, 0.25) is 5.02 Å². The Hall–Kier alpha value is -2.62. The van der Waals surface area contributed by atoms with Gasteiger partial charge in [-0.3, -0.25) is 4.90 Å². The summed E-state index contributed by atoms with van der Waals surface area (Å²) in [7, 11) is 0. The van der Waals surface area contributed by atoms with Crippen molar-refractivity contribution in [3.8, 4) is 11.3 Å². The number of nitrogens with one attached hydrogen (secondary N) is 1. The number of aromatic amines is 1. The molecule has 2 heterocycles. The second-order valence-electron chi connectivity index (χ2n) is 8.08. The normalized spacial score (nSPS) is 15.7. The number of hydrogen-bond donors (Lipinski definition) is 1. The van der Waals surface area contributed by atoms with Crippen molar-refractivity contribution < 1.29 is 4.39 Å². The summed E-state index contributed by atoms with van der Waals surface area (Å²) in [5.74, 6) is 0.00968. The van der Waals surface area contributed by atoms with Gasteiger partial charge in [-0.15, -0.1) is 0 Å². The molecule has 1 aromatic heterocycles. The van der Waals surface area contributed by atoms with Crippen molar-refractivity contribution in [3.63, 3.8) is 0 Å². The van der Waals surface area contributed by atoms with Gasteiger partial charge >= 0.3 is 0 Å². The van der Waals surface area contributed by atoms with E-state index in [-0.39, 0.29) is 11.7 Å². The fourth-order valence-electron chi connectivity index (χ4n) is 4.72. The van der Waals surface area contributed by atoms with Gasteiger partial charge in [0.1, 0.15) is 5.82 Å². The van der Waals surface area contributed by atoms with Gasteiger partial charge in [0.05, 0.1) is 5.69 Å². The molecule has 0 radical (unpaired) electrons. The molecule has 0 spiro atoms. The zero-order valence-corrected chi connectivity index (χ0v) is 17.5. The number of para-hydroxylation sites is 1. The molecule has 0 bridgehead atoms. The summed E-state index contributed by atoms with van der Waals surface area (Å²) in [6.45, 7) is 2.75. The van der Waals surface area contributed by atoms with Gasteiger partial charge in [0.25, 0.3) is 0 Å². The first kappa shape index (κ1) is 19.3. The summed E-state index contributed by atoms with van der Waals surface area (Å²) in [6.07, 6.45) is 1.84. The monoisotopic (exact) mass is 418 g/mol. The topological polar surface area (TPSA) is 19.0 Å². The van der Waals surface area contributed by atoms with Crippen molar-refractivity contribution >= 4 is 22.5 Å². The molecule has 1 aliphatic rings. The summed E-state index contributed by atoms with van der Waals surface area (Å²) >= 11 is 6.31. The molecule has 152 valence electrons. The standard InChI is InChI=1S/C26H24ClFN2/c27-22-10-6-11-23(28)25(22)18-13-15-30(16-14-18)17-21-20-9-4-5-12-24(20)29-26(21)19-7-2-1-3-8-19/h1-12,18,29H,13-17H2. The number of likely N-dealkylation sites (tertiary alicyclic amines) is 1. The van der Waals surface area contributed by atoms with E-state index >= 15 is 0 Å². The average Bonchev–Trinajstić information content (AvgIpc) is 3.14. The Morgan fingerprint density at radius 1 is 0.900 bits per heavy atom. The minimum absolute atomic E-state index is 0.177. The van der Waals surface area contributed by atoms with Crippen LogP contribution in [0.25, 0.3) is 22.2 Å². The Bertz CT molecular complexity index is 1140. The molecule has 2 nitrogen and oxygen atoms in total. The first-order valence-electron chi connectivity index (χ1n) is 10.5. The lowest BCUT2D eigenvalue weighted by Gasteiger charge is -2.32. The first-order chi connectivity index (χ1) is 14.7. The van der Waals surface area contributed by atoms with Crippen LogP contribution in [0.4, 0.5) is 4.39 Å². The van der Waals surface area contributed by atoms with Gasteiger partial charge in [-0.1, -0.05) is 66.2 Å². The van der Waals surface area contributed by atoms with Crippen LogP contribution in [0.15, 0.2) is 72.8 Å². The fraction of sp³-hybridized carbons (Fsp3) is 0.231. The van der Waals surface area contributed by atoms with Gasteiger partial charge < -0.3 is 4.98 Å². The van der Waals surface area contributed by atoms with E-state index in [0.29, 0.717) is 10.6 Å². The van der Waals surface area contributed by atoms with Gasteiger partial charge in [0, 0.05) is 28.0 Å². The number of benzene rings is 3. The van der Waals surface area contributed by atoms with Crippen LogP contribution >= 0.6 is 11.6 Å². The molecule has 0 saturated carbocycles. The van der Waals surface area contributed by atoms with E-state index in [2.05, 4.69) is 58.4 Å². The average molecular weight is 419 g/mol. The van der Waals surface area contributed by atoms with E-state index in [1.165, 1.54) is 33.8 Å². The number of piperidine rings is 1. The Morgan fingerprint density at radius 3 is 2.40 bits per heavy atom. The number of nitrogens with zero attached hydrogens (tertiary/aromatic N) is 1. The minimum Gasteiger partial charge on any atom is -0.354 e. The quantitative estimate of drug-likeness (QED) is 0.377. The van der Waals surface area contributed by atoms with Gasteiger partial charge in [-0.05, 0) is 61.2 Å². The van der Waals surface area contributed by atoms with Crippen LogP contribution in [-0.4, -0.2) is 23.0 Å². The first-order valence-corrected chi connectivity index (χ1v) is 10.9. The summed E-state index contributed by atoms with van der Waals surface area (Å²) in [4.78, 5) is 6.11. The molecule has 0 amide bonds. The van der Waals surface area contributed by atoms with E-state index in [0.717, 1.165) is 32.5 Å². The Labute approximate surface area is 181 Å². The van der Waals surface area contributed by atoms with Crippen LogP contribution in [0.5, 0.6) is 0 Å². The van der Waals surface area contributed by atoms with Crippen molar-refractivity contribution in [2.24, 2.45) is 0 Å². The molecular formula is C26H24ClFN2. The number of hydrogen-bond acceptors (Lipinski definition) is 1. The largest absolute Gasteiger partial charge is 0.354 e. The van der Waals surface area contributed by atoms with E-state index in [9.17, 15) is 4.39 Å². The third-order valence-electron chi connectivity index (χ3n) is 6.25. The predicted octanol–water partition coefficient (Wildman–Crippen LogP) is 7.01. The van der Waals surface area contributed by atoms with Crippen molar-refractivity contribution in [2.75, 3.05) is 13.1 Å². The molecule has 1 N–H and O–H groups in total. The Balaban J connectivity index is 1.40. The van der Waals surface area contributed by atoms with Crippen LogP contribution in [-0.2, 0) is 6.54 Å². The minimum atomic E-state index is -0.177. The lowest BCUT2D eigenvalue weighted by Crippen LogP contribution is -2.32. The molecule has 0 atom stereocenters. The van der Waals surface area contributed by atoms with E-state index in [4.69, 9.17) is 11.6 Å². The highest BCUT2D eigenvalue weighted by molar-refractivity contribution is 6.31. The maximum Gasteiger partial charge on any atom is 0.128 e. The number of H-pyrrole nitrogens is 1. The number of fused-ring (bicyclic) bond motifs is 1. The SMILES string of the molecule is Fc1cccc(Cl)c1C1CCN(Cc2c(-c3ccccc3)[nH]c3ccccc23)CC1. The van der Waals surface area contributed by atoms with E-state index < -0.39 is 0 Å². The molecular weight excluding hydrogens is 395 g/mol. The molecule has 1 fully saturated rings. The predicted molar refractivity (Wildman–Crippen MR) is 122 cm³/mol. The molecule has 1 saturated heterocycles. The third-order valence-corrected chi connectivity index (χ3v) is 6.58. The highest BCUT2D eigenvalue weighted by Gasteiger charge is 2.26. The van der Waals surface area contributed by atoms with E-state index in [1.807, 2.05) is 6.07 Å². The zero-order chi connectivity index (χ0) is 20.5. The lowest BCUT2D eigenvalue weighted by molar-refractivity contribution is 0.204. The number of rotatable bonds is 4. The Kier molecular flexibility index (Phi) is 5.32. The van der Waals surface area contributed by atoms with Gasteiger partial charge in [0.15, 0.2) is 0 Å². The summed E-state index contributed by atoms with van der Waals surface area (Å²) < 4.78 is 14.4.